The fourth-order valence-electron chi connectivity index (χ4n) is 3.10. The monoisotopic (exact) mass is 311 g/mol. The molecule has 3 unspecified atom stereocenters. The number of aliphatic hydroxyl groups excluding tert-OH is 1. The largest absolute Gasteiger partial charge is 0.393 e. The Balaban J connectivity index is 2.14. The minimum atomic E-state index is -0.207. The summed E-state index contributed by atoms with van der Waals surface area (Å²) in [7, 11) is 0. The molecule has 3 heteroatoms. The second kappa shape index (κ2) is 9.69. The molecular formula is C19H37NO2. The normalized spacial score (nSPS) is 26.5. The first kappa shape index (κ1) is 19.7. The first-order valence-corrected chi connectivity index (χ1v) is 9.15. The van der Waals surface area contributed by atoms with E-state index in [9.17, 15) is 5.11 Å². The first-order valence-electron chi connectivity index (χ1n) is 9.15. The van der Waals surface area contributed by atoms with Gasteiger partial charge in [0.2, 0.25) is 0 Å². The van der Waals surface area contributed by atoms with E-state index in [4.69, 9.17) is 4.74 Å². The molecular weight excluding hydrogens is 274 g/mol. The van der Waals surface area contributed by atoms with E-state index in [1.807, 2.05) is 6.92 Å². The number of allylic oxidation sites excluding steroid dienone is 2. The fraction of sp³-hybridized carbons (Fsp3) is 0.895. The maximum absolute atomic E-state index is 9.34. The summed E-state index contributed by atoms with van der Waals surface area (Å²) in [5.41, 5.74) is 1.57. The van der Waals surface area contributed by atoms with Crippen molar-refractivity contribution in [3.05, 3.63) is 11.6 Å². The van der Waals surface area contributed by atoms with Crippen molar-refractivity contribution in [3.8, 4) is 0 Å². The quantitative estimate of drug-likeness (QED) is 0.434. The molecule has 3 nitrogen and oxygen atoms in total. The van der Waals surface area contributed by atoms with Crippen LogP contribution in [0.4, 0.5) is 0 Å². The Morgan fingerprint density at radius 2 is 2.05 bits per heavy atom. The van der Waals surface area contributed by atoms with Crippen LogP contribution in [0.1, 0.15) is 73.1 Å². The van der Waals surface area contributed by atoms with Crippen LogP contribution in [-0.2, 0) is 4.74 Å². The van der Waals surface area contributed by atoms with E-state index in [1.54, 1.807) is 0 Å². The van der Waals surface area contributed by atoms with Gasteiger partial charge in [0.05, 0.1) is 17.8 Å². The van der Waals surface area contributed by atoms with Gasteiger partial charge in [0.25, 0.3) is 0 Å². The average molecular weight is 312 g/mol. The Morgan fingerprint density at radius 1 is 1.36 bits per heavy atom. The summed E-state index contributed by atoms with van der Waals surface area (Å²) in [6.45, 7) is 14.3. The average Bonchev–Trinajstić information content (AvgIpc) is 3.12. The minimum Gasteiger partial charge on any atom is -0.393 e. The van der Waals surface area contributed by atoms with Crippen LogP contribution < -0.4 is 0 Å². The molecule has 1 N–H and O–H groups in total. The summed E-state index contributed by atoms with van der Waals surface area (Å²) >= 11 is 0. The van der Waals surface area contributed by atoms with E-state index in [0.29, 0.717) is 6.10 Å². The van der Waals surface area contributed by atoms with Crippen molar-refractivity contribution in [2.24, 2.45) is 0 Å². The molecule has 1 rings (SSSR count). The molecule has 0 amide bonds. The summed E-state index contributed by atoms with van der Waals surface area (Å²) in [6, 6.07) is 0. The number of nitrogens with zero attached hydrogens (tertiary/aromatic N) is 1. The van der Waals surface area contributed by atoms with Crippen LogP contribution in [0.2, 0.25) is 0 Å². The molecule has 1 saturated heterocycles. The van der Waals surface area contributed by atoms with Crippen molar-refractivity contribution in [2.45, 2.75) is 91.0 Å². The van der Waals surface area contributed by atoms with Crippen LogP contribution in [0.5, 0.6) is 0 Å². The number of aliphatic hydroxyl groups is 1. The van der Waals surface area contributed by atoms with Gasteiger partial charge in [-0.15, -0.1) is 0 Å². The summed E-state index contributed by atoms with van der Waals surface area (Å²) in [5, 5.41) is 9.34. The van der Waals surface area contributed by atoms with Crippen LogP contribution in [0.15, 0.2) is 11.6 Å². The van der Waals surface area contributed by atoms with Gasteiger partial charge in [-0.2, -0.15) is 0 Å². The molecule has 0 aromatic rings. The Hall–Kier alpha value is -0.380. The van der Waals surface area contributed by atoms with Crippen molar-refractivity contribution in [2.75, 3.05) is 19.6 Å². The zero-order chi connectivity index (χ0) is 16.6. The molecule has 0 aliphatic carbocycles. The van der Waals surface area contributed by atoms with E-state index in [2.05, 4.69) is 38.7 Å². The zero-order valence-corrected chi connectivity index (χ0v) is 15.4. The van der Waals surface area contributed by atoms with Crippen LogP contribution in [-0.4, -0.2) is 47.4 Å². The summed E-state index contributed by atoms with van der Waals surface area (Å²) < 4.78 is 5.83. The Morgan fingerprint density at radius 3 is 2.64 bits per heavy atom. The van der Waals surface area contributed by atoms with Crippen LogP contribution in [0.3, 0.4) is 0 Å². The second-order valence-electron chi connectivity index (χ2n) is 7.07. The third-order valence-electron chi connectivity index (χ3n) is 4.96. The molecule has 130 valence electrons. The highest BCUT2D eigenvalue weighted by Gasteiger charge is 2.50. The van der Waals surface area contributed by atoms with E-state index in [1.165, 1.54) is 25.0 Å². The molecule has 1 fully saturated rings. The lowest BCUT2D eigenvalue weighted by Gasteiger charge is -2.17. The van der Waals surface area contributed by atoms with E-state index >= 15 is 0 Å². The summed E-state index contributed by atoms with van der Waals surface area (Å²) in [4.78, 5) is 2.49. The number of hydrogen-bond donors (Lipinski definition) is 1. The SMILES string of the molecule is CCN(CC)CCC/C(C)=C\CCC1(C)OC1CCC(C)O. The summed E-state index contributed by atoms with van der Waals surface area (Å²) in [6.07, 6.45) is 9.06. The van der Waals surface area contributed by atoms with Crippen LogP contribution in [0, 0.1) is 0 Å². The highest BCUT2D eigenvalue weighted by molar-refractivity contribution is 5.03. The van der Waals surface area contributed by atoms with Gasteiger partial charge in [-0.3, -0.25) is 0 Å². The molecule has 0 aromatic heterocycles. The number of ether oxygens (including phenoxy) is 1. The standard InChI is InChI=1S/C19H37NO2/c1-6-20(7-2)15-9-11-16(3)10-8-14-19(5)18(22-19)13-12-17(4)21/h10,17-18,21H,6-9,11-15H2,1-5H3/b16-10-. The molecule has 0 saturated carbocycles. The van der Waals surface area contributed by atoms with E-state index < -0.39 is 0 Å². The van der Waals surface area contributed by atoms with Crippen LogP contribution >= 0.6 is 0 Å². The third-order valence-corrected chi connectivity index (χ3v) is 4.96. The molecule has 0 radical (unpaired) electrons. The zero-order valence-electron chi connectivity index (χ0n) is 15.4. The Kier molecular flexibility index (Phi) is 8.66. The Labute approximate surface area is 137 Å². The molecule has 1 heterocycles. The lowest BCUT2D eigenvalue weighted by Crippen LogP contribution is -2.23. The lowest BCUT2D eigenvalue weighted by atomic mass is 9.97. The van der Waals surface area contributed by atoms with Gasteiger partial charge in [-0.25, -0.2) is 0 Å². The minimum absolute atomic E-state index is 0.0624. The van der Waals surface area contributed by atoms with Crippen molar-refractivity contribution < 1.29 is 9.84 Å². The molecule has 0 spiro atoms. The van der Waals surface area contributed by atoms with Gasteiger partial charge in [0, 0.05) is 0 Å². The second-order valence-corrected chi connectivity index (χ2v) is 7.07. The number of rotatable bonds is 12. The molecule has 22 heavy (non-hydrogen) atoms. The molecule has 0 bridgehead atoms. The van der Waals surface area contributed by atoms with Gasteiger partial charge < -0.3 is 14.7 Å². The maximum atomic E-state index is 9.34. The van der Waals surface area contributed by atoms with Crippen molar-refractivity contribution >= 4 is 0 Å². The van der Waals surface area contributed by atoms with E-state index in [0.717, 1.165) is 38.8 Å². The summed E-state index contributed by atoms with van der Waals surface area (Å²) in [5.74, 6) is 0. The highest BCUT2D eigenvalue weighted by atomic mass is 16.6. The topological polar surface area (TPSA) is 36.0 Å². The third kappa shape index (κ3) is 7.26. The van der Waals surface area contributed by atoms with Gasteiger partial charge in [0.15, 0.2) is 0 Å². The van der Waals surface area contributed by atoms with Gasteiger partial charge in [-0.1, -0.05) is 25.5 Å². The number of hydrogen-bond acceptors (Lipinski definition) is 3. The first-order chi connectivity index (χ1) is 10.4. The van der Waals surface area contributed by atoms with Gasteiger partial charge in [-0.05, 0) is 78.9 Å². The van der Waals surface area contributed by atoms with Crippen LogP contribution in [0.25, 0.3) is 0 Å². The van der Waals surface area contributed by atoms with E-state index in [-0.39, 0.29) is 11.7 Å². The van der Waals surface area contributed by atoms with Gasteiger partial charge >= 0.3 is 0 Å². The lowest BCUT2D eigenvalue weighted by molar-refractivity contribution is 0.176. The predicted molar refractivity (Wildman–Crippen MR) is 94.2 cm³/mol. The maximum Gasteiger partial charge on any atom is 0.0923 e. The Bertz CT molecular complexity index is 336. The smallest absolute Gasteiger partial charge is 0.0923 e. The molecule has 3 atom stereocenters. The van der Waals surface area contributed by atoms with Crippen molar-refractivity contribution in [1.29, 1.82) is 0 Å². The predicted octanol–water partition coefficient (Wildman–Crippen LogP) is 4.15. The highest BCUT2D eigenvalue weighted by Crippen LogP contribution is 2.43. The molecule has 1 aliphatic rings. The molecule has 1 aliphatic heterocycles. The number of epoxide rings is 1. The van der Waals surface area contributed by atoms with Gasteiger partial charge in [0.1, 0.15) is 0 Å². The van der Waals surface area contributed by atoms with Crippen molar-refractivity contribution in [3.63, 3.8) is 0 Å². The van der Waals surface area contributed by atoms with Crippen molar-refractivity contribution in [1.82, 2.24) is 4.90 Å². The fourth-order valence-corrected chi connectivity index (χ4v) is 3.10. The molecule has 0 aromatic carbocycles.